The first kappa shape index (κ1) is 12.0. The van der Waals surface area contributed by atoms with Crippen molar-refractivity contribution in [2.24, 2.45) is 0 Å². The van der Waals surface area contributed by atoms with Gasteiger partial charge in [0.25, 0.3) is 0 Å². The van der Waals surface area contributed by atoms with E-state index in [-0.39, 0.29) is 6.61 Å². The maximum absolute atomic E-state index is 11.7. The van der Waals surface area contributed by atoms with Gasteiger partial charge in [0, 0.05) is 15.6 Å². The second kappa shape index (κ2) is 5.21. The second-order valence-electron chi connectivity index (χ2n) is 3.43. The number of nitrogens with two attached hydrogens (primary N) is 1. The molecule has 2 rings (SSSR count). The topological polar surface area (TPSA) is 52.3 Å². The van der Waals surface area contributed by atoms with Gasteiger partial charge >= 0.3 is 5.97 Å². The zero-order valence-corrected chi connectivity index (χ0v) is 10.4. The summed E-state index contributed by atoms with van der Waals surface area (Å²) >= 11 is 7.35. The average molecular weight is 268 g/mol. The summed E-state index contributed by atoms with van der Waals surface area (Å²) in [6.07, 6.45) is 0. The Kier molecular flexibility index (Phi) is 3.66. The van der Waals surface area contributed by atoms with Crippen molar-refractivity contribution in [1.29, 1.82) is 0 Å². The molecule has 0 amide bonds. The molecule has 1 heterocycles. The summed E-state index contributed by atoms with van der Waals surface area (Å²) in [7, 11) is 0. The molecule has 0 fully saturated rings. The molecule has 0 radical (unpaired) electrons. The molecule has 0 spiro atoms. The third-order valence-electron chi connectivity index (χ3n) is 2.08. The van der Waals surface area contributed by atoms with Gasteiger partial charge < -0.3 is 10.5 Å². The number of halogens is 1. The van der Waals surface area contributed by atoms with Crippen molar-refractivity contribution in [1.82, 2.24) is 0 Å². The predicted octanol–water partition coefficient (Wildman–Crippen LogP) is 3.34. The molecule has 0 aliphatic rings. The average Bonchev–Trinajstić information content (AvgIpc) is 2.77. The highest BCUT2D eigenvalue weighted by Gasteiger charge is 2.09. The molecule has 17 heavy (non-hydrogen) atoms. The highest BCUT2D eigenvalue weighted by Crippen LogP contribution is 2.18. The van der Waals surface area contributed by atoms with Gasteiger partial charge in [0.05, 0.1) is 5.56 Å². The lowest BCUT2D eigenvalue weighted by atomic mass is 10.2. The van der Waals surface area contributed by atoms with Crippen molar-refractivity contribution in [3.63, 3.8) is 0 Å². The molecule has 0 saturated carbocycles. The van der Waals surface area contributed by atoms with E-state index in [9.17, 15) is 4.79 Å². The minimum atomic E-state index is -0.424. The van der Waals surface area contributed by atoms with E-state index in [1.165, 1.54) is 17.4 Å². The van der Waals surface area contributed by atoms with E-state index in [1.807, 2.05) is 17.5 Å². The number of hydrogen-bond donors (Lipinski definition) is 1. The molecule has 2 aromatic rings. The van der Waals surface area contributed by atoms with E-state index in [0.717, 1.165) is 4.88 Å². The van der Waals surface area contributed by atoms with Gasteiger partial charge in [-0.2, -0.15) is 0 Å². The van der Waals surface area contributed by atoms with Crippen molar-refractivity contribution < 1.29 is 9.53 Å². The van der Waals surface area contributed by atoms with Gasteiger partial charge in [0.2, 0.25) is 0 Å². The molecular weight excluding hydrogens is 258 g/mol. The number of esters is 1. The van der Waals surface area contributed by atoms with Crippen LogP contribution in [0.25, 0.3) is 0 Å². The van der Waals surface area contributed by atoms with Crippen molar-refractivity contribution in [3.05, 3.63) is 51.2 Å². The number of hydrogen-bond acceptors (Lipinski definition) is 4. The largest absolute Gasteiger partial charge is 0.456 e. The number of anilines is 1. The van der Waals surface area contributed by atoms with E-state index in [4.69, 9.17) is 22.1 Å². The monoisotopic (exact) mass is 267 g/mol. The molecule has 0 atom stereocenters. The Labute approximate surface area is 108 Å². The number of thiophene rings is 1. The molecule has 1 aromatic heterocycles. The lowest BCUT2D eigenvalue weighted by molar-refractivity contribution is 0.0477. The SMILES string of the molecule is Nc1cc(Cl)cc(C(=O)OCc2cccs2)c1. The summed E-state index contributed by atoms with van der Waals surface area (Å²) in [6.45, 7) is 0.267. The molecular formula is C12H10ClNO2S. The van der Waals surface area contributed by atoms with Crippen LogP contribution in [0.2, 0.25) is 5.02 Å². The number of rotatable bonds is 3. The Bertz CT molecular complexity index is 505. The molecule has 0 saturated heterocycles. The highest BCUT2D eigenvalue weighted by molar-refractivity contribution is 7.09. The number of carbonyl (C=O) groups is 1. The van der Waals surface area contributed by atoms with Crippen LogP contribution in [0.5, 0.6) is 0 Å². The van der Waals surface area contributed by atoms with Crippen molar-refractivity contribution >= 4 is 34.6 Å². The van der Waals surface area contributed by atoms with Crippen molar-refractivity contribution in [3.8, 4) is 0 Å². The van der Waals surface area contributed by atoms with Gasteiger partial charge in [-0.15, -0.1) is 11.3 Å². The Hall–Kier alpha value is -1.52. The van der Waals surface area contributed by atoms with Crippen LogP contribution in [0.1, 0.15) is 15.2 Å². The normalized spacial score (nSPS) is 10.2. The van der Waals surface area contributed by atoms with Crippen LogP contribution < -0.4 is 5.73 Å². The third kappa shape index (κ3) is 3.22. The lowest BCUT2D eigenvalue weighted by Crippen LogP contribution is -2.05. The maximum Gasteiger partial charge on any atom is 0.338 e. The molecule has 88 valence electrons. The van der Waals surface area contributed by atoms with Crippen molar-refractivity contribution in [2.45, 2.75) is 6.61 Å². The first-order valence-electron chi connectivity index (χ1n) is 4.91. The van der Waals surface area contributed by atoms with Crippen molar-refractivity contribution in [2.75, 3.05) is 5.73 Å². The first-order chi connectivity index (χ1) is 8.15. The van der Waals surface area contributed by atoms with Crippen LogP contribution in [0.15, 0.2) is 35.7 Å². The van der Waals surface area contributed by atoms with Crippen LogP contribution in [-0.2, 0) is 11.3 Å². The summed E-state index contributed by atoms with van der Waals surface area (Å²) in [5.74, 6) is -0.424. The third-order valence-corrected chi connectivity index (χ3v) is 3.15. The smallest absolute Gasteiger partial charge is 0.338 e. The Morgan fingerprint density at radius 3 is 2.88 bits per heavy atom. The van der Waals surface area contributed by atoms with E-state index < -0.39 is 5.97 Å². The zero-order chi connectivity index (χ0) is 12.3. The van der Waals surface area contributed by atoms with Crippen LogP contribution >= 0.6 is 22.9 Å². The predicted molar refractivity (Wildman–Crippen MR) is 69.3 cm³/mol. The summed E-state index contributed by atoms with van der Waals surface area (Å²) < 4.78 is 5.14. The van der Waals surface area contributed by atoms with E-state index in [0.29, 0.717) is 16.3 Å². The Balaban J connectivity index is 2.04. The van der Waals surface area contributed by atoms with Gasteiger partial charge in [-0.1, -0.05) is 17.7 Å². The van der Waals surface area contributed by atoms with Crippen LogP contribution in [0.4, 0.5) is 5.69 Å². The molecule has 5 heteroatoms. The molecule has 3 nitrogen and oxygen atoms in total. The molecule has 0 unspecified atom stereocenters. The van der Waals surface area contributed by atoms with Gasteiger partial charge in [-0.05, 0) is 29.6 Å². The Morgan fingerprint density at radius 2 is 2.24 bits per heavy atom. The van der Waals surface area contributed by atoms with E-state index in [2.05, 4.69) is 0 Å². The van der Waals surface area contributed by atoms with Crippen LogP contribution in [0.3, 0.4) is 0 Å². The fourth-order valence-electron chi connectivity index (χ4n) is 1.34. The number of ether oxygens (including phenoxy) is 1. The summed E-state index contributed by atoms with van der Waals surface area (Å²) in [5, 5.41) is 2.36. The van der Waals surface area contributed by atoms with Crippen LogP contribution in [-0.4, -0.2) is 5.97 Å². The summed E-state index contributed by atoms with van der Waals surface area (Å²) in [5.41, 5.74) is 6.41. The van der Waals surface area contributed by atoms with Gasteiger partial charge in [-0.25, -0.2) is 4.79 Å². The lowest BCUT2D eigenvalue weighted by Gasteiger charge is -2.04. The molecule has 0 aliphatic carbocycles. The standard InChI is InChI=1S/C12H10ClNO2S/c13-9-4-8(5-10(14)6-9)12(15)16-7-11-2-1-3-17-11/h1-6H,7,14H2. The first-order valence-corrected chi connectivity index (χ1v) is 6.16. The quantitative estimate of drug-likeness (QED) is 0.685. The molecule has 0 aliphatic heterocycles. The maximum atomic E-state index is 11.7. The number of nitrogen functional groups attached to an aromatic ring is 1. The number of carbonyl (C=O) groups excluding carboxylic acids is 1. The fraction of sp³-hybridized carbons (Fsp3) is 0.0833. The molecule has 0 bridgehead atoms. The molecule has 2 N–H and O–H groups in total. The van der Waals surface area contributed by atoms with Gasteiger partial charge in [0.15, 0.2) is 0 Å². The van der Waals surface area contributed by atoms with E-state index >= 15 is 0 Å². The minimum absolute atomic E-state index is 0.267. The minimum Gasteiger partial charge on any atom is -0.456 e. The Morgan fingerprint density at radius 1 is 1.41 bits per heavy atom. The summed E-state index contributed by atoms with van der Waals surface area (Å²) in [6, 6.07) is 8.48. The zero-order valence-electron chi connectivity index (χ0n) is 8.85. The highest BCUT2D eigenvalue weighted by atomic mass is 35.5. The van der Waals surface area contributed by atoms with Gasteiger partial charge in [-0.3, -0.25) is 0 Å². The molecule has 1 aromatic carbocycles. The van der Waals surface area contributed by atoms with Gasteiger partial charge in [0.1, 0.15) is 6.61 Å². The number of benzene rings is 1. The summed E-state index contributed by atoms with van der Waals surface area (Å²) in [4.78, 5) is 12.7. The second-order valence-corrected chi connectivity index (χ2v) is 4.90. The van der Waals surface area contributed by atoms with Crippen LogP contribution in [0, 0.1) is 0 Å². The van der Waals surface area contributed by atoms with E-state index in [1.54, 1.807) is 12.1 Å². The fourth-order valence-corrected chi connectivity index (χ4v) is 2.20.